The molecule has 0 aromatic heterocycles. The maximum absolute atomic E-state index is 4.47. The molecule has 2 aromatic carbocycles. The molecule has 0 N–H and O–H groups in total. The summed E-state index contributed by atoms with van der Waals surface area (Å²) < 4.78 is 0. The van der Waals surface area contributed by atoms with Crippen LogP contribution in [-0.4, -0.2) is 0 Å². The van der Waals surface area contributed by atoms with Gasteiger partial charge in [-0.1, -0.05) is 24.3 Å². The molecule has 0 spiro atoms. The van der Waals surface area contributed by atoms with Gasteiger partial charge in [-0.2, -0.15) is 0 Å². The van der Waals surface area contributed by atoms with E-state index in [0.29, 0.717) is 0 Å². The van der Waals surface area contributed by atoms with Crippen molar-refractivity contribution in [3.05, 3.63) is 41.5 Å². The Kier molecular flexibility index (Phi) is 2.04. The summed E-state index contributed by atoms with van der Waals surface area (Å²) in [6.45, 7) is 4.24. The topological polar surface area (TPSA) is 0 Å². The Morgan fingerprint density at radius 3 is 2.54 bits per heavy atom. The molecular formula is C12H12S. The fourth-order valence-electron chi connectivity index (χ4n) is 1.66. The highest BCUT2D eigenvalue weighted by molar-refractivity contribution is 7.80. The SMILES string of the molecule is Cc1cc(S)c2cccc(C)c2c1. The summed E-state index contributed by atoms with van der Waals surface area (Å²) in [6, 6.07) is 10.6. The van der Waals surface area contributed by atoms with E-state index in [1.165, 1.54) is 21.9 Å². The lowest BCUT2D eigenvalue weighted by Gasteiger charge is -2.05. The summed E-state index contributed by atoms with van der Waals surface area (Å²) in [5.41, 5.74) is 2.59. The van der Waals surface area contributed by atoms with Crippen LogP contribution >= 0.6 is 12.6 Å². The molecule has 0 amide bonds. The van der Waals surface area contributed by atoms with Gasteiger partial charge in [0.25, 0.3) is 0 Å². The van der Waals surface area contributed by atoms with E-state index in [0.717, 1.165) is 4.90 Å². The maximum Gasteiger partial charge on any atom is 0.0121 e. The molecule has 0 radical (unpaired) electrons. The van der Waals surface area contributed by atoms with Crippen LogP contribution in [-0.2, 0) is 0 Å². The zero-order valence-electron chi connectivity index (χ0n) is 7.83. The Labute approximate surface area is 84.0 Å². The zero-order valence-corrected chi connectivity index (χ0v) is 8.73. The molecule has 0 unspecified atom stereocenters. The first-order valence-electron chi connectivity index (χ1n) is 4.37. The lowest BCUT2D eigenvalue weighted by molar-refractivity contribution is 1.40. The fraction of sp³-hybridized carbons (Fsp3) is 0.167. The lowest BCUT2D eigenvalue weighted by Crippen LogP contribution is -1.81. The number of rotatable bonds is 0. The summed E-state index contributed by atoms with van der Waals surface area (Å²) in [5.74, 6) is 0. The molecule has 0 saturated heterocycles. The Morgan fingerprint density at radius 1 is 1.00 bits per heavy atom. The van der Waals surface area contributed by atoms with Crippen molar-refractivity contribution in [2.24, 2.45) is 0 Å². The number of hydrogen-bond donors (Lipinski definition) is 1. The average molecular weight is 188 g/mol. The number of thiol groups is 1. The first-order chi connectivity index (χ1) is 6.18. The van der Waals surface area contributed by atoms with Gasteiger partial charge in [-0.25, -0.2) is 0 Å². The number of hydrogen-bond acceptors (Lipinski definition) is 1. The van der Waals surface area contributed by atoms with Gasteiger partial charge in [-0.05, 0) is 41.8 Å². The molecular weight excluding hydrogens is 176 g/mol. The normalized spacial score (nSPS) is 10.7. The summed E-state index contributed by atoms with van der Waals surface area (Å²) in [4.78, 5) is 1.07. The van der Waals surface area contributed by atoms with Crippen LogP contribution in [0.4, 0.5) is 0 Å². The molecule has 0 atom stereocenters. The molecule has 66 valence electrons. The third kappa shape index (κ3) is 1.44. The van der Waals surface area contributed by atoms with E-state index in [1.54, 1.807) is 0 Å². The molecule has 0 aliphatic rings. The molecule has 0 aliphatic heterocycles. The van der Waals surface area contributed by atoms with Crippen molar-refractivity contribution in [1.82, 2.24) is 0 Å². The van der Waals surface area contributed by atoms with Crippen molar-refractivity contribution >= 4 is 23.4 Å². The Morgan fingerprint density at radius 2 is 1.77 bits per heavy atom. The Bertz CT molecular complexity index is 458. The molecule has 0 heterocycles. The standard InChI is InChI=1S/C12H12S/c1-8-6-11-9(2)4-3-5-10(11)12(13)7-8/h3-7,13H,1-2H3. The maximum atomic E-state index is 4.47. The van der Waals surface area contributed by atoms with Crippen LogP contribution in [0.2, 0.25) is 0 Å². The second-order valence-corrected chi connectivity index (χ2v) is 3.94. The van der Waals surface area contributed by atoms with Crippen molar-refractivity contribution in [2.75, 3.05) is 0 Å². The van der Waals surface area contributed by atoms with Crippen LogP contribution in [0.3, 0.4) is 0 Å². The minimum Gasteiger partial charge on any atom is -0.143 e. The van der Waals surface area contributed by atoms with Crippen molar-refractivity contribution in [3.8, 4) is 0 Å². The van der Waals surface area contributed by atoms with E-state index in [1.807, 2.05) is 0 Å². The molecule has 0 fully saturated rings. The van der Waals surface area contributed by atoms with E-state index in [4.69, 9.17) is 0 Å². The molecule has 0 aliphatic carbocycles. The summed E-state index contributed by atoms with van der Waals surface area (Å²) >= 11 is 4.47. The smallest absolute Gasteiger partial charge is 0.0121 e. The summed E-state index contributed by atoms with van der Waals surface area (Å²) in [5, 5.41) is 2.56. The lowest BCUT2D eigenvalue weighted by atomic mass is 10.0. The predicted octanol–water partition coefficient (Wildman–Crippen LogP) is 3.75. The molecule has 2 rings (SSSR count). The Balaban J connectivity index is 2.94. The van der Waals surface area contributed by atoms with Crippen LogP contribution < -0.4 is 0 Å². The highest BCUT2D eigenvalue weighted by Gasteiger charge is 2.00. The summed E-state index contributed by atoms with van der Waals surface area (Å²) in [7, 11) is 0. The van der Waals surface area contributed by atoms with Crippen LogP contribution in [0, 0.1) is 13.8 Å². The van der Waals surface area contributed by atoms with Gasteiger partial charge in [-0.15, -0.1) is 12.6 Å². The third-order valence-electron chi connectivity index (χ3n) is 2.34. The van der Waals surface area contributed by atoms with E-state index in [2.05, 4.69) is 56.8 Å². The highest BCUT2D eigenvalue weighted by atomic mass is 32.1. The van der Waals surface area contributed by atoms with E-state index < -0.39 is 0 Å². The number of benzene rings is 2. The van der Waals surface area contributed by atoms with Gasteiger partial charge in [0.1, 0.15) is 0 Å². The highest BCUT2D eigenvalue weighted by Crippen LogP contribution is 2.25. The van der Waals surface area contributed by atoms with Crippen LogP contribution in [0.1, 0.15) is 11.1 Å². The third-order valence-corrected chi connectivity index (χ3v) is 2.71. The largest absolute Gasteiger partial charge is 0.143 e. The van der Waals surface area contributed by atoms with Gasteiger partial charge < -0.3 is 0 Å². The van der Waals surface area contributed by atoms with Gasteiger partial charge >= 0.3 is 0 Å². The molecule has 0 bridgehead atoms. The fourth-order valence-corrected chi connectivity index (χ4v) is 2.06. The summed E-state index contributed by atoms with van der Waals surface area (Å²) in [6.07, 6.45) is 0. The molecule has 0 saturated carbocycles. The number of aryl methyl sites for hydroxylation is 2. The first kappa shape index (κ1) is 8.64. The average Bonchev–Trinajstić information content (AvgIpc) is 2.07. The van der Waals surface area contributed by atoms with Gasteiger partial charge in [0, 0.05) is 4.90 Å². The second-order valence-electron chi connectivity index (χ2n) is 3.45. The molecule has 2 aromatic rings. The quantitative estimate of drug-likeness (QED) is 0.598. The minimum atomic E-state index is 1.07. The van der Waals surface area contributed by atoms with Crippen molar-refractivity contribution in [3.63, 3.8) is 0 Å². The van der Waals surface area contributed by atoms with E-state index in [9.17, 15) is 0 Å². The van der Waals surface area contributed by atoms with Gasteiger partial charge in [-0.3, -0.25) is 0 Å². The number of fused-ring (bicyclic) bond motifs is 1. The first-order valence-corrected chi connectivity index (χ1v) is 4.82. The predicted molar refractivity (Wildman–Crippen MR) is 60.7 cm³/mol. The van der Waals surface area contributed by atoms with Crippen molar-refractivity contribution in [1.29, 1.82) is 0 Å². The van der Waals surface area contributed by atoms with Crippen LogP contribution in [0.25, 0.3) is 10.8 Å². The van der Waals surface area contributed by atoms with E-state index >= 15 is 0 Å². The van der Waals surface area contributed by atoms with Crippen molar-refractivity contribution in [2.45, 2.75) is 18.7 Å². The van der Waals surface area contributed by atoms with Crippen molar-refractivity contribution < 1.29 is 0 Å². The van der Waals surface area contributed by atoms with Gasteiger partial charge in [0.15, 0.2) is 0 Å². The van der Waals surface area contributed by atoms with E-state index in [-0.39, 0.29) is 0 Å². The Hall–Kier alpha value is -0.950. The molecule has 13 heavy (non-hydrogen) atoms. The van der Waals surface area contributed by atoms with Crippen LogP contribution in [0.15, 0.2) is 35.2 Å². The zero-order chi connectivity index (χ0) is 9.42. The monoisotopic (exact) mass is 188 g/mol. The molecule has 0 nitrogen and oxygen atoms in total. The second kappa shape index (κ2) is 3.08. The van der Waals surface area contributed by atoms with Gasteiger partial charge in [0.2, 0.25) is 0 Å². The minimum absolute atomic E-state index is 1.07. The van der Waals surface area contributed by atoms with Gasteiger partial charge in [0.05, 0.1) is 0 Å². The van der Waals surface area contributed by atoms with Crippen LogP contribution in [0.5, 0.6) is 0 Å². The molecule has 1 heteroatoms.